The fourth-order valence-corrected chi connectivity index (χ4v) is 1.60. The van der Waals surface area contributed by atoms with Crippen molar-refractivity contribution in [2.75, 3.05) is 20.2 Å². The Balaban J connectivity index is 2.02. The molecule has 2 heterocycles. The molecule has 2 rings (SSSR count). The molecule has 1 aliphatic heterocycles. The minimum atomic E-state index is 0.219. The SMILES string of the molecule is COc1nccnc1OC1CCNCC1. The average molecular weight is 209 g/mol. The van der Waals surface area contributed by atoms with Crippen molar-refractivity contribution < 1.29 is 9.47 Å². The van der Waals surface area contributed by atoms with Crippen molar-refractivity contribution in [3.63, 3.8) is 0 Å². The van der Waals surface area contributed by atoms with Gasteiger partial charge < -0.3 is 14.8 Å². The van der Waals surface area contributed by atoms with Crippen LogP contribution in [0.5, 0.6) is 11.8 Å². The third-order valence-electron chi connectivity index (χ3n) is 2.39. The first kappa shape index (κ1) is 10.2. The van der Waals surface area contributed by atoms with E-state index in [1.54, 1.807) is 19.5 Å². The zero-order valence-corrected chi connectivity index (χ0v) is 8.77. The molecule has 0 atom stereocenters. The van der Waals surface area contributed by atoms with E-state index in [4.69, 9.17) is 9.47 Å². The van der Waals surface area contributed by atoms with Crippen molar-refractivity contribution in [1.82, 2.24) is 15.3 Å². The fourth-order valence-electron chi connectivity index (χ4n) is 1.60. The van der Waals surface area contributed by atoms with Crippen molar-refractivity contribution in [2.24, 2.45) is 0 Å². The summed E-state index contributed by atoms with van der Waals surface area (Å²) in [5.41, 5.74) is 0. The lowest BCUT2D eigenvalue weighted by Gasteiger charge is -2.23. The van der Waals surface area contributed by atoms with E-state index in [2.05, 4.69) is 15.3 Å². The highest BCUT2D eigenvalue weighted by molar-refractivity contribution is 5.23. The number of nitrogens with one attached hydrogen (secondary N) is 1. The highest BCUT2D eigenvalue weighted by Crippen LogP contribution is 2.22. The van der Waals surface area contributed by atoms with E-state index in [-0.39, 0.29) is 6.10 Å². The molecule has 0 radical (unpaired) electrons. The molecule has 1 saturated heterocycles. The molecule has 5 nitrogen and oxygen atoms in total. The maximum absolute atomic E-state index is 5.74. The molecule has 5 heteroatoms. The van der Waals surface area contributed by atoms with Gasteiger partial charge >= 0.3 is 0 Å². The van der Waals surface area contributed by atoms with Crippen LogP contribution in [-0.4, -0.2) is 36.3 Å². The smallest absolute Gasteiger partial charge is 0.278 e. The second kappa shape index (κ2) is 4.93. The number of nitrogens with zero attached hydrogens (tertiary/aromatic N) is 2. The average Bonchev–Trinajstić information content (AvgIpc) is 2.31. The molecule has 1 fully saturated rings. The molecule has 0 aliphatic carbocycles. The summed E-state index contributed by atoms with van der Waals surface area (Å²) in [5, 5.41) is 3.28. The van der Waals surface area contributed by atoms with Crippen LogP contribution in [0.2, 0.25) is 0 Å². The lowest BCUT2D eigenvalue weighted by molar-refractivity contribution is 0.148. The summed E-state index contributed by atoms with van der Waals surface area (Å²) < 4.78 is 10.8. The van der Waals surface area contributed by atoms with Crippen molar-refractivity contribution in [3.8, 4) is 11.8 Å². The van der Waals surface area contributed by atoms with Crippen LogP contribution >= 0.6 is 0 Å². The van der Waals surface area contributed by atoms with Gasteiger partial charge in [-0.05, 0) is 25.9 Å². The third-order valence-corrected chi connectivity index (χ3v) is 2.39. The molecule has 0 spiro atoms. The number of piperidine rings is 1. The van der Waals surface area contributed by atoms with Gasteiger partial charge in [0, 0.05) is 12.4 Å². The highest BCUT2D eigenvalue weighted by atomic mass is 16.5. The molecule has 1 aliphatic rings. The van der Waals surface area contributed by atoms with Gasteiger partial charge in [-0.3, -0.25) is 0 Å². The summed E-state index contributed by atoms with van der Waals surface area (Å²) in [4.78, 5) is 8.15. The van der Waals surface area contributed by atoms with Crippen molar-refractivity contribution >= 4 is 0 Å². The molecule has 0 unspecified atom stereocenters. The van der Waals surface area contributed by atoms with E-state index < -0.39 is 0 Å². The van der Waals surface area contributed by atoms with Gasteiger partial charge in [-0.2, -0.15) is 0 Å². The van der Waals surface area contributed by atoms with Gasteiger partial charge in [0.1, 0.15) is 6.10 Å². The zero-order chi connectivity index (χ0) is 10.5. The van der Waals surface area contributed by atoms with E-state index in [0.717, 1.165) is 25.9 Å². The molecular formula is C10H15N3O2. The molecule has 1 aromatic heterocycles. The second-order valence-electron chi connectivity index (χ2n) is 3.44. The normalized spacial score (nSPS) is 17.4. The van der Waals surface area contributed by atoms with E-state index in [1.165, 1.54) is 0 Å². The molecule has 15 heavy (non-hydrogen) atoms. The number of hydrogen-bond acceptors (Lipinski definition) is 5. The van der Waals surface area contributed by atoms with Gasteiger partial charge in [0.25, 0.3) is 11.8 Å². The molecule has 0 bridgehead atoms. The van der Waals surface area contributed by atoms with Crippen LogP contribution in [0.15, 0.2) is 12.4 Å². The number of methoxy groups -OCH3 is 1. The number of ether oxygens (including phenoxy) is 2. The monoisotopic (exact) mass is 209 g/mol. The Kier molecular flexibility index (Phi) is 3.34. The van der Waals surface area contributed by atoms with E-state index >= 15 is 0 Å². The van der Waals surface area contributed by atoms with Crippen LogP contribution in [0.4, 0.5) is 0 Å². The van der Waals surface area contributed by atoms with Gasteiger partial charge in [-0.25, -0.2) is 9.97 Å². The first-order valence-electron chi connectivity index (χ1n) is 5.12. The van der Waals surface area contributed by atoms with Gasteiger partial charge in [0.05, 0.1) is 7.11 Å². The first-order valence-corrected chi connectivity index (χ1v) is 5.12. The lowest BCUT2D eigenvalue weighted by atomic mass is 10.1. The van der Waals surface area contributed by atoms with Crippen LogP contribution < -0.4 is 14.8 Å². The molecule has 0 amide bonds. The Morgan fingerprint density at radius 3 is 2.53 bits per heavy atom. The highest BCUT2D eigenvalue weighted by Gasteiger charge is 2.17. The summed E-state index contributed by atoms with van der Waals surface area (Å²) in [6, 6.07) is 0. The standard InChI is InChI=1S/C10H15N3O2/c1-14-9-10(13-7-6-12-9)15-8-2-4-11-5-3-8/h6-8,11H,2-5H2,1H3. The predicted molar refractivity (Wildman–Crippen MR) is 55.1 cm³/mol. The van der Waals surface area contributed by atoms with Crippen LogP contribution in [0.1, 0.15) is 12.8 Å². The van der Waals surface area contributed by atoms with E-state index in [0.29, 0.717) is 11.8 Å². The Hall–Kier alpha value is -1.36. The Labute approximate surface area is 88.8 Å². The second-order valence-corrected chi connectivity index (χ2v) is 3.44. The Morgan fingerprint density at radius 2 is 1.87 bits per heavy atom. The minimum absolute atomic E-state index is 0.219. The van der Waals surface area contributed by atoms with Crippen molar-refractivity contribution in [1.29, 1.82) is 0 Å². The van der Waals surface area contributed by atoms with Crippen LogP contribution in [0.3, 0.4) is 0 Å². The molecule has 0 aromatic carbocycles. The minimum Gasteiger partial charge on any atom is -0.477 e. The Bertz CT molecular complexity index is 313. The fraction of sp³-hybridized carbons (Fsp3) is 0.600. The van der Waals surface area contributed by atoms with Crippen LogP contribution in [0.25, 0.3) is 0 Å². The quantitative estimate of drug-likeness (QED) is 0.790. The number of rotatable bonds is 3. The molecule has 1 aromatic rings. The van der Waals surface area contributed by atoms with Crippen molar-refractivity contribution in [3.05, 3.63) is 12.4 Å². The first-order chi connectivity index (χ1) is 7.40. The zero-order valence-electron chi connectivity index (χ0n) is 8.77. The van der Waals surface area contributed by atoms with Gasteiger partial charge in [-0.15, -0.1) is 0 Å². The summed E-state index contributed by atoms with van der Waals surface area (Å²) in [6.07, 6.45) is 5.42. The molecule has 82 valence electrons. The molecular weight excluding hydrogens is 194 g/mol. The van der Waals surface area contributed by atoms with Crippen LogP contribution in [0, 0.1) is 0 Å². The number of aromatic nitrogens is 2. The third kappa shape index (κ3) is 2.56. The van der Waals surface area contributed by atoms with Gasteiger partial charge in [-0.1, -0.05) is 0 Å². The number of hydrogen-bond donors (Lipinski definition) is 1. The maximum atomic E-state index is 5.74. The summed E-state index contributed by atoms with van der Waals surface area (Å²) in [6.45, 7) is 1.99. The Morgan fingerprint density at radius 1 is 1.20 bits per heavy atom. The van der Waals surface area contributed by atoms with E-state index in [9.17, 15) is 0 Å². The van der Waals surface area contributed by atoms with Gasteiger partial charge in [0.15, 0.2) is 0 Å². The summed E-state index contributed by atoms with van der Waals surface area (Å²) >= 11 is 0. The predicted octanol–water partition coefficient (Wildman–Crippen LogP) is 0.616. The summed E-state index contributed by atoms with van der Waals surface area (Å²) in [5.74, 6) is 0.947. The summed E-state index contributed by atoms with van der Waals surface area (Å²) in [7, 11) is 1.57. The van der Waals surface area contributed by atoms with Crippen LogP contribution in [-0.2, 0) is 0 Å². The lowest BCUT2D eigenvalue weighted by Crippen LogP contribution is -2.34. The topological polar surface area (TPSA) is 56.3 Å². The molecule has 0 saturated carbocycles. The van der Waals surface area contributed by atoms with E-state index in [1.807, 2.05) is 0 Å². The van der Waals surface area contributed by atoms with Gasteiger partial charge in [0.2, 0.25) is 0 Å². The largest absolute Gasteiger partial charge is 0.477 e. The van der Waals surface area contributed by atoms with Crippen molar-refractivity contribution in [2.45, 2.75) is 18.9 Å². The molecule has 1 N–H and O–H groups in total. The maximum Gasteiger partial charge on any atom is 0.278 e.